The Balaban J connectivity index is 1.55. The van der Waals surface area contributed by atoms with Crippen LogP contribution >= 0.6 is 0 Å². The van der Waals surface area contributed by atoms with Gasteiger partial charge in [0.05, 0.1) is 11.5 Å². The SMILES string of the molecule is Cc1cccc(NC(=O)N2CCN(C3CCS(=O)(=O)C3)CC2)c1C. The summed E-state index contributed by atoms with van der Waals surface area (Å²) in [6.07, 6.45) is 0.719. The van der Waals surface area contributed by atoms with Gasteiger partial charge < -0.3 is 10.2 Å². The number of hydrogen-bond acceptors (Lipinski definition) is 4. The Labute approximate surface area is 143 Å². The number of benzene rings is 1. The predicted molar refractivity (Wildman–Crippen MR) is 95.1 cm³/mol. The van der Waals surface area contributed by atoms with Crippen LogP contribution in [0.15, 0.2) is 18.2 Å². The molecule has 2 aliphatic heterocycles. The quantitative estimate of drug-likeness (QED) is 0.879. The van der Waals surface area contributed by atoms with Gasteiger partial charge >= 0.3 is 6.03 Å². The topological polar surface area (TPSA) is 69.7 Å². The molecule has 24 heavy (non-hydrogen) atoms. The summed E-state index contributed by atoms with van der Waals surface area (Å²) >= 11 is 0. The van der Waals surface area contributed by atoms with Crippen molar-refractivity contribution in [2.24, 2.45) is 0 Å². The molecule has 2 saturated heterocycles. The molecular formula is C17H25N3O3S. The van der Waals surface area contributed by atoms with Gasteiger partial charge in [-0.05, 0) is 37.5 Å². The highest BCUT2D eigenvalue weighted by Crippen LogP contribution is 2.21. The van der Waals surface area contributed by atoms with Crippen molar-refractivity contribution >= 4 is 21.6 Å². The molecule has 1 N–H and O–H groups in total. The molecule has 0 aliphatic carbocycles. The van der Waals surface area contributed by atoms with Crippen LogP contribution in [0.1, 0.15) is 17.5 Å². The van der Waals surface area contributed by atoms with Gasteiger partial charge in [0.1, 0.15) is 0 Å². The first-order valence-electron chi connectivity index (χ1n) is 8.42. The fourth-order valence-electron chi connectivity index (χ4n) is 3.43. The molecule has 7 heteroatoms. The normalized spacial score (nSPS) is 24.1. The minimum absolute atomic E-state index is 0.0811. The van der Waals surface area contributed by atoms with Gasteiger partial charge in [-0.3, -0.25) is 4.90 Å². The lowest BCUT2D eigenvalue weighted by Crippen LogP contribution is -2.53. The van der Waals surface area contributed by atoms with Crippen LogP contribution in [0.25, 0.3) is 0 Å². The number of nitrogens with one attached hydrogen (secondary N) is 1. The molecule has 0 spiro atoms. The van der Waals surface area contributed by atoms with E-state index < -0.39 is 9.84 Å². The Bertz CT molecular complexity index is 725. The summed E-state index contributed by atoms with van der Waals surface area (Å²) in [6, 6.07) is 5.93. The van der Waals surface area contributed by atoms with E-state index in [1.807, 2.05) is 36.9 Å². The molecule has 132 valence electrons. The number of amides is 2. The Morgan fingerprint density at radius 3 is 2.50 bits per heavy atom. The largest absolute Gasteiger partial charge is 0.322 e. The Kier molecular flexibility index (Phi) is 4.83. The van der Waals surface area contributed by atoms with Gasteiger partial charge in [0.25, 0.3) is 0 Å². The highest BCUT2D eigenvalue weighted by atomic mass is 32.2. The number of sulfone groups is 1. The number of aryl methyl sites for hydroxylation is 1. The maximum atomic E-state index is 12.5. The van der Waals surface area contributed by atoms with Crippen LogP contribution in [-0.2, 0) is 9.84 Å². The molecule has 2 aliphatic rings. The first kappa shape index (κ1) is 17.2. The summed E-state index contributed by atoms with van der Waals surface area (Å²) in [5.74, 6) is 0.562. The third kappa shape index (κ3) is 3.72. The first-order valence-corrected chi connectivity index (χ1v) is 10.2. The molecular weight excluding hydrogens is 326 g/mol. The van der Waals surface area contributed by atoms with Gasteiger partial charge in [0.15, 0.2) is 9.84 Å². The van der Waals surface area contributed by atoms with Gasteiger partial charge in [0, 0.05) is 37.9 Å². The standard InChI is InChI=1S/C17H25N3O3S/c1-13-4-3-5-16(14(13)2)18-17(21)20-9-7-19(8-10-20)15-6-11-24(22,23)12-15/h3-5,15H,6-12H2,1-2H3,(H,18,21). The number of anilines is 1. The van der Waals surface area contributed by atoms with Crippen molar-refractivity contribution in [1.29, 1.82) is 0 Å². The van der Waals surface area contributed by atoms with Crippen molar-refractivity contribution in [3.05, 3.63) is 29.3 Å². The molecule has 0 bridgehead atoms. The number of urea groups is 1. The van der Waals surface area contributed by atoms with E-state index in [4.69, 9.17) is 0 Å². The van der Waals surface area contributed by atoms with Crippen LogP contribution in [0.2, 0.25) is 0 Å². The summed E-state index contributed by atoms with van der Waals surface area (Å²) in [5.41, 5.74) is 3.09. The molecule has 6 nitrogen and oxygen atoms in total. The fourth-order valence-corrected chi connectivity index (χ4v) is 5.20. The maximum Gasteiger partial charge on any atom is 0.321 e. The van der Waals surface area contributed by atoms with Crippen molar-refractivity contribution in [2.75, 3.05) is 43.0 Å². The van der Waals surface area contributed by atoms with Crippen molar-refractivity contribution in [1.82, 2.24) is 9.80 Å². The van der Waals surface area contributed by atoms with Crippen LogP contribution in [-0.4, -0.2) is 68.0 Å². The number of carbonyl (C=O) groups excluding carboxylic acids is 1. The lowest BCUT2D eigenvalue weighted by atomic mass is 10.1. The molecule has 2 heterocycles. The third-order valence-electron chi connectivity index (χ3n) is 5.17. The van der Waals surface area contributed by atoms with E-state index in [0.717, 1.165) is 36.3 Å². The second-order valence-electron chi connectivity index (χ2n) is 6.76. The van der Waals surface area contributed by atoms with Crippen LogP contribution < -0.4 is 5.32 Å². The van der Waals surface area contributed by atoms with Gasteiger partial charge in [-0.2, -0.15) is 0 Å². The zero-order valence-electron chi connectivity index (χ0n) is 14.3. The number of hydrogen-bond donors (Lipinski definition) is 1. The fraction of sp³-hybridized carbons (Fsp3) is 0.588. The van der Waals surface area contributed by atoms with E-state index in [-0.39, 0.29) is 17.8 Å². The molecule has 0 radical (unpaired) electrons. The molecule has 1 atom stereocenters. The first-order chi connectivity index (χ1) is 11.4. The van der Waals surface area contributed by atoms with Crippen LogP contribution in [0.3, 0.4) is 0 Å². The zero-order valence-corrected chi connectivity index (χ0v) is 15.1. The van der Waals surface area contributed by atoms with Gasteiger partial charge in [-0.15, -0.1) is 0 Å². The molecule has 1 unspecified atom stereocenters. The summed E-state index contributed by atoms with van der Waals surface area (Å²) < 4.78 is 23.2. The smallest absolute Gasteiger partial charge is 0.321 e. The van der Waals surface area contributed by atoms with E-state index in [1.54, 1.807) is 0 Å². The van der Waals surface area contributed by atoms with Gasteiger partial charge in [-0.25, -0.2) is 13.2 Å². The molecule has 2 amide bonds. The summed E-state index contributed by atoms with van der Waals surface area (Å²) in [4.78, 5) is 16.5. The van der Waals surface area contributed by atoms with Crippen LogP contribution in [0.5, 0.6) is 0 Å². The van der Waals surface area contributed by atoms with Gasteiger partial charge in [0.2, 0.25) is 0 Å². The van der Waals surface area contributed by atoms with Crippen molar-refractivity contribution in [3.63, 3.8) is 0 Å². The number of carbonyl (C=O) groups is 1. The van der Waals surface area contributed by atoms with Gasteiger partial charge in [-0.1, -0.05) is 12.1 Å². The van der Waals surface area contributed by atoms with E-state index in [1.165, 1.54) is 0 Å². The minimum atomic E-state index is -2.86. The Morgan fingerprint density at radius 1 is 1.17 bits per heavy atom. The Morgan fingerprint density at radius 2 is 1.88 bits per heavy atom. The van der Waals surface area contributed by atoms with Crippen LogP contribution in [0.4, 0.5) is 10.5 Å². The zero-order chi connectivity index (χ0) is 17.3. The Hall–Kier alpha value is -1.60. The molecule has 2 fully saturated rings. The predicted octanol–water partition coefficient (Wildman–Crippen LogP) is 1.64. The molecule has 1 aromatic rings. The van der Waals surface area contributed by atoms with E-state index in [9.17, 15) is 13.2 Å². The average Bonchev–Trinajstić information content (AvgIpc) is 2.92. The van der Waals surface area contributed by atoms with E-state index in [2.05, 4.69) is 10.2 Å². The molecule has 3 rings (SSSR count). The van der Waals surface area contributed by atoms with Crippen molar-refractivity contribution in [2.45, 2.75) is 26.3 Å². The van der Waals surface area contributed by atoms with Crippen LogP contribution in [0, 0.1) is 13.8 Å². The molecule has 1 aromatic carbocycles. The number of nitrogens with zero attached hydrogens (tertiary/aromatic N) is 2. The lowest BCUT2D eigenvalue weighted by Gasteiger charge is -2.37. The second-order valence-corrected chi connectivity index (χ2v) is 8.99. The highest BCUT2D eigenvalue weighted by Gasteiger charge is 2.34. The van der Waals surface area contributed by atoms with E-state index in [0.29, 0.717) is 18.8 Å². The van der Waals surface area contributed by atoms with Crippen molar-refractivity contribution < 1.29 is 13.2 Å². The lowest BCUT2D eigenvalue weighted by molar-refractivity contribution is 0.121. The number of piperazine rings is 1. The number of rotatable bonds is 2. The third-order valence-corrected chi connectivity index (χ3v) is 6.92. The summed E-state index contributed by atoms with van der Waals surface area (Å²) in [7, 11) is -2.86. The minimum Gasteiger partial charge on any atom is -0.322 e. The summed E-state index contributed by atoms with van der Waals surface area (Å²) in [5, 5.41) is 2.99. The monoisotopic (exact) mass is 351 g/mol. The molecule has 0 saturated carbocycles. The average molecular weight is 351 g/mol. The highest BCUT2D eigenvalue weighted by molar-refractivity contribution is 7.91. The summed E-state index contributed by atoms with van der Waals surface area (Å²) in [6.45, 7) is 6.77. The maximum absolute atomic E-state index is 12.5. The molecule has 0 aromatic heterocycles. The van der Waals surface area contributed by atoms with Crippen molar-refractivity contribution in [3.8, 4) is 0 Å². The second kappa shape index (κ2) is 6.72. The van der Waals surface area contributed by atoms with E-state index >= 15 is 0 Å².